The molecule has 0 spiro atoms. The molecule has 0 radical (unpaired) electrons. The van der Waals surface area contributed by atoms with Crippen LogP contribution in [0.25, 0.3) is 11.0 Å². The minimum absolute atomic E-state index is 0.0744. The molecule has 0 bridgehead atoms. The Labute approximate surface area is 120 Å². The number of benzene rings is 1. The van der Waals surface area contributed by atoms with Gasteiger partial charge in [0, 0.05) is 12.6 Å². The highest BCUT2D eigenvalue weighted by Gasteiger charge is 2.36. The Balaban J connectivity index is 2.14. The largest absolute Gasteiger partial charge is 0.316 e. The van der Waals surface area contributed by atoms with Crippen LogP contribution in [0.3, 0.4) is 0 Å². The van der Waals surface area contributed by atoms with E-state index in [1.165, 1.54) is 22.5 Å². The zero-order valence-corrected chi connectivity index (χ0v) is 12.2. The standard InChI is InChI=1S/C13H15N3O4S/c1-2-16(8-3-4-8)21(19,20)9-5-6-10-11(7-9)15-13(18)12(17)14-10/h5-8H,2-4H2,1H3,(H,14,17)(H,15,18). The van der Waals surface area contributed by atoms with E-state index in [0.29, 0.717) is 17.6 Å². The monoisotopic (exact) mass is 309 g/mol. The number of aromatic nitrogens is 2. The summed E-state index contributed by atoms with van der Waals surface area (Å²) in [4.78, 5) is 27.5. The number of sulfonamides is 1. The van der Waals surface area contributed by atoms with Crippen molar-refractivity contribution in [3.05, 3.63) is 38.9 Å². The molecule has 1 heterocycles. The van der Waals surface area contributed by atoms with Crippen LogP contribution in [0.5, 0.6) is 0 Å². The molecular weight excluding hydrogens is 294 g/mol. The summed E-state index contributed by atoms with van der Waals surface area (Å²) < 4.78 is 26.7. The normalized spacial score (nSPS) is 15.7. The molecule has 0 aliphatic heterocycles. The van der Waals surface area contributed by atoms with Gasteiger partial charge in [0.2, 0.25) is 10.0 Å². The summed E-state index contributed by atoms with van der Waals surface area (Å²) in [6.45, 7) is 2.21. The van der Waals surface area contributed by atoms with E-state index in [-0.39, 0.29) is 10.9 Å². The first-order valence-corrected chi connectivity index (χ1v) is 8.15. The smallest absolute Gasteiger partial charge is 0.314 e. The van der Waals surface area contributed by atoms with E-state index < -0.39 is 21.1 Å². The summed E-state index contributed by atoms with van der Waals surface area (Å²) in [6.07, 6.45) is 1.76. The molecule has 21 heavy (non-hydrogen) atoms. The zero-order valence-electron chi connectivity index (χ0n) is 11.4. The molecule has 8 heteroatoms. The number of H-pyrrole nitrogens is 2. The molecule has 2 N–H and O–H groups in total. The van der Waals surface area contributed by atoms with Gasteiger partial charge >= 0.3 is 11.1 Å². The highest BCUT2D eigenvalue weighted by Crippen LogP contribution is 2.32. The molecule has 0 saturated heterocycles. The molecule has 2 aromatic rings. The fourth-order valence-corrected chi connectivity index (χ4v) is 4.10. The lowest BCUT2D eigenvalue weighted by molar-refractivity contribution is 0.421. The number of nitrogens with zero attached hydrogens (tertiary/aromatic N) is 1. The average Bonchev–Trinajstić information content (AvgIpc) is 3.24. The van der Waals surface area contributed by atoms with Crippen molar-refractivity contribution in [1.82, 2.24) is 14.3 Å². The van der Waals surface area contributed by atoms with E-state index in [2.05, 4.69) is 9.97 Å². The summed E-state index contributed by atoms with van der Waals surface area (Å²) in [5.74, 6) is 0. The number of rotatable bonds is 4. The van der Waals surface area contributed by atoms with Crippen LogP contribution in [0.15, 0.2) is 32.7 Å². The van der Waals surface area contributed by atoms with Crippen LogP contribution in [0.4, 0.5) is 0 Å². The Morgan fingerprint density at radius 3 is 2.33 bits per heavy atom. The van der Waals surface area contributed by atoms with Crippen molar-refractivity contribution in [3.63, 3.8) is 0 Å². The van der Waals surface area contributed by atoms with E-state index in [0.717, 1.165) is 12.8 Å². The summed E-state index contributed by atoms with van der Waals surface area (Å²) in [7, 11) is -3.58. The zero-order chi connectivity index (χ0) is 15.2. The van der Waals surface area contributed by atoms with Gasteiger partial charge in [-0.05, 0) is 31.0 Å². The van der Waals surface area contributed by atoms with Crippen molar-refractivity contribution in [3.8, 4) is 0 Å². The number of aromatic amines is 2. The quantitative estimate of drug-likeness (QED) is 0.797. The van der Waals surface area contributed by atoms with Gasteiger partial charge < -0.3 is 9.97 Å². The Morgan fingerprint density at radius 2 is 1.76 bits per heavy atom. The fourth-order valence-electron chi connectivity index (χ4n) is 2.38. The third-order valence-corrected chi connectivity index (χ3v) is 5.59. The first-order valence-electron chi connectivity index (χ1n) is 6.71. The third-order valence-electron chi connectivity index (χ3n) is 3.57. The lowest BCUT2D eigenvalue weighted by atomic mass is 10.3. The molecule has 3 rings (SSSR count). The minimum Gasteiger partial charge on any atom is -0.316 e. The van der Waals surface area contributed by atoms with Crippen LogP contribution in [0, 0.1) is 0 Å². The summed E-state index contributed by atoms with van der Waals surface area (Å²) in [6, 6.07) is 4.38. The number of nitrogens with one attached hydrogen (secondary N) is 2. The molecule has 1 aromatic heterocycles. The van der Waals surface area contributed by atoms with E-state index in [1.807, 2.05) is 0 Å². The molecule has 0 amide bonds. The number of hydrogen-bond acceptors (Lipinski definition) is 4. The van der Waals surface area contributed by atoms with Crippen molar-refractivity contribution in [2.45, 2.75) is 30.7 Å². The highest BCUT2D eigenvalue weighted by molar-refractivity contribution is 7.89. The highest BCUT2D eigenvalue weighted by atomic mass is 32.2. The Morgan fingerprint density at radius 1 is 1.14 bits per heavy atom. The van der Waals surface area contributed by atoms with Gasteiger partial charge in [-0.25, -0.2) is 8.42 Å². The van der Waals surface area contributed by atoms with Crippen LogP contribution >= 0.6 is 0 Å². The van der Waals surface area contributed by atoms with Gasteiger partial charge in [0.25, 0.3) is 0 Å². The molecule has 1 aliphatic carbocycles. The molecule has 7 nitrogen and oxygen atoms in total. The maximum Gasteiger partial charge on any atom is 0.314 e. The van der Waals surface area contributed by atoms with Crippen molar-refractivity contribution < 1.29 is 8.42 Å². The predicted octanol–water partition coefficient (Wildman–Crippen LogP) is 0.389. The van der Waals surface area contributed by atoms with Crippen molar-refractivity contribution in [2.75, 3.05) is 6.54 Å². The van der Waals surface area contributed by atoms with Crippen molar-refractivity contribution >= 4 is 21.1 Å². The third kappa shape index (κ3) is 2.40. The van der Waals surface area contributed by atoms with Crippen LogP contribution in [-0.2, 0) is 10.0 Å². The Kier molecular flexibility index (Phi) is 3.22. The number of fused-ring (bicyclic) bond motifs is 1. The molecule has 112 valence electrons. The maximum absolute atomic E-state index is 12.6. The second kappa shape index (κ2) is 4.81. The molecule has 0 unspecified atom stereocenters. The van der Waals surface area contributed by atoms with E-state index in [9.17, 15) is 18.0 Å². The van der Waals surface area contributed by atoms with Gasteiger partial charge in [-0.3, -0.25) is 9.59 Å². The van der Waals surface area contributed by atoms with Crippen LogP contribution < -0.4 is 11.1 Å². The topological polar surface area (TPSA) is 103 Å². The van der Waals surface area contributed by atoms with Crippen LogP contribution in [0.1, 0.15) is 19.8 Å². The van der Waals surface area contributed by atoms with Gasteiger partial charge in [0.1, 0.15) is 0 Å². The Bertz CT molecular complexity index is 909. The molecule has 1 saturated carbocycles. The van der Waals surface area contributed by atoms with Gasteiger partial charge in [0.15, 0.2) is 0 Å². The van der Waals surface area contributed by atoms with Gasteiger partial charge in [-0.1, -0.05) is 6.92 Å². The SMILES string of the molecule is CCN(C1CC1)S(=O)(=O)c1ccc2[nH]c(=O)c(=O)[nH]c2c1. The first-order chi connectivity index (χ1) is 9.93. The Hall–Kier alpha value is -1.93. The predicted molar refractivity (Wildman–Crippen MR) is 77.8 cm³/mol. The average molecular weight is 309 g/mol. The van der Waals surface area contributed by atoms with E-state index >= 15 is 0 Å². The van der Waals surface area contributed by atoms with Gasteiger partial charge in [0.05, 0.1) is 15.9 Å². The summed E-state index contributed by atoms with van der Waals surface area (Å²) in [5, 5.41) is 0. The van der Waals surface area contributed by atoms with E-state index in [4.69, 9.17) is 0 Å². The maximum atomic E-state index is 12.6. The second-order valence-electron chi connectivity index (χ2n) is 5.06. The molecule has 1 aromatic carbocycles. The summed E-state index contributed by atoms with van der Waals surface area (Å²) in [5.41, 5.74) is -0.863. The number of hydrogen-bond donors (Lipinski definition) is 2. The first kappa shape index (κ1) is 14.0. The van der Waals surface area contributed by atoms with E-state index in [1.54, 1.807) is 6.92 Å². The van der Waals surface area contributed by atoms with Crippen molar-refractivity contribution in [1.29, 1.82) is 0 Å². The molecule has 0 atom stereocenters. The summed E-state index contributed by atoms with van der Waals surface area (Å²) >= 11 is 0. The molecule has 1 fully saturated rings. The lowest BCUT2D eigenvalue weighted by Gasteiger charge is -2.20. The van der Waals surface area contributed by atoms with Crippen LogP contribution in [-0.4, -0.2) is 35.3 Å². The molecule has 1 aliphatic rings. The van der Waals surface area contributed by atoms with Crippen molar-refractivity contribution in [2.24, 2.45) is 0 Å². The van der Waals surface area contributed by atoms with Gasteiger partial charge in [-0.2, -0.15) is 4.31 Å². The fraction of sp³-hybridized carbons (Fsp3) is 0.385. The second-order valence-corrected chi connectivity index (χ2v) is 6.95. The van der Waals surface area contributed by atoms with Gasteiger partial charge in [-0.15, -0.1) is 0 Å². The lowest BCUT2D eigenvalue weighted by Crippen LogP contribution is -2.33. The van der Waals surface area contributed by atoms with Crippen LogP contribution in [0.2, 0.25) is 0 Å². The molecular formula is C13H15N3O4S. The minimum atomic E-state index is -3.58.